The summed E-state index contributed by atoms with van der Waals surface area (Å²) in [6.45, 7) is 3.06. The van der Waals surface area contributed by atoms with E-state index in [2.05, 4.69) is 15.6 Å². The fraction of sp³-hybridized carbons (Fsp3) is 0.500. The van der Waals surface area contributed by atoms with Gasteiger partial charge in [-0.1, -0.05) is 17.7 Å². The zero-order valence-corrected chi connectivity index (χ0v) is 8.72. The molecule has 1 atom stereocenters. The van der Waals surface area contributed by atoms with E-state index in [4.69, 9.17) is 11.6 Å². The molecule has 0 bridgehead atoms. The van der Waals surface area contributed by atoms with E-state index in [9.17, 15) is 0 Å². The Morgan fingerprint density at radius 1 is 1.57 bits per heavy atom. The van der Waals surface area contributed by atoms with E-state index >= 15 is 0 Å². The fourth-order valence-corrected chi connectivity index (χ4v) is 1.71. The molecule has 0 aliphatic carbocycles. The van der Waals surface area contributed by atoms with Crippen LogP contribution in [0.3, 0.4) is 0 Å². The normalized spacial score (nSPS) is 21.4. The smallest absolute Gasteiger partial charge is 0.129 e. The molecule has 1 aliphatic heterocycles. The molecule has 0 aromatic carbocycles. The molecule has 2 heterocycles. The summed E-state index contributed by atoms with van der Waals surface area (Å²) in [4.78, 5) is 4.03. The predicted molar refractivity (Wildman–Crippen MR) is 57.4 cm³/mol. The van der Waals surface area contributed by atoms with Gasteiger partial charge in [0.1, 0.15) is 5.15 Å². The highest BCUT2D eigenvalue weighted by atomic mass is 35.5. The molecule has 0 saturated carbocycles. The van der Waals surface area contributed by atoms with Crippen LogP contribution in [-0.4, -0.2) is 24.1 Å². The van der Waals surface area contributed by atoms with Gasteiger partial charge in [-0.05, 0) is 24.6 Å². The van der Waals surface area contributed by atoms with E-state index in [1.165, 1.54) is 12.0 Å². The van der Waals surface area contributed by atoms with Crippen LogP contribution in [0, 0.1) is 0 Å². The van der Waals surface area contributed by atoms with Crippen LogP contribution >= 0.6 is 11.6 Å². The van der Waals surface area contributed by atoms with Gasteiger partial charge in [0.2, 0.25) is 0 Å². The van der Waals surface area contributed by atoms with Gasteiger partial charge >= 0.3 is 0 Å². The van der Waals surface area contributed by atoms with Crippen LogP contribution in [0.1, 0.15) is 12.0 Å². The number of nitrogens with one attached hydrogen (secondary N) is 2. The number of halogens is 1. The Labute approximate surface area is 88.9 Å². The van der Waals surface area contributed by atoms with Gasteiger partial charge < -0.3 is 10.6 Å². The molecule has 14 heavy (non-hydrogen) atoms. The van der Waals surface area contributed by atoms with Gasteiger partial charge in [0.15, 0.2) is 0 Å². The van der Waals surface area contributed by atoms with Crippen LogP contribution in [0.2, 0.25) is 5.15 Å². The average molecular weight is 212 g/mol. The second kappa shape index (κ2) is 4.73. The summed E-state index contributed by atoms with van der Waals surface area (Å²) in [5, 5.41) is 7.34. The van der Waals surface area contributed by atoms with Crippen LogP contribution in [0.15, 0.2) is 18.3 Å². The van der Waals surface area contributed by atoms with Crippen molar-refractivity contribution in [2.75, 3.05) is 13.1 Å². The fourth-order valence-electron chi connectivity index (χ4n) is 1.60. The second-order valence-corrected chi connectivity index (χ2v) is 3.95. The molecule has 1 unspecified atom stereocenters. The van der Waals surface area contributed by atoms with Gasteiger partial charge in [-0.2, -0.15) is 0 Å². The number of hydrogen-bond donors (Lipinski definition) is 2. The van der Waals surface area contributed by atoms with Crippen LogP contribution < -0.4 is 10.6 Å². The maximum atomic E-state index is 5.70. The van der Waals surface area contributed by atoms with Crippen LogP contribution in [0.4, 0.5) is 0 Å². The van der Waals surface area contributed by atoms with Crippen LogP contribution in [0.5, 0.6) is 0 Å². The second-order valence-electron chi connectivity index (χ2n) is 3.56. The molecule has 0 spiro atoms. The monoisotopic (exact) mass is 211 g/mol. The van der Waals surface area contributed by atoms with Crippen LogP contribution in [-0.2, 0) is 6.54 Å². The lowest BCUT2D eigenvalue weighted by molar-refractivity contribution is 0.547. The molecule has 1 aromatic heterocycles. The molecule has 76 valence electrons. The van der Waals surface area contributed by atoms with Crippen molar-refractivity contribution in [3.05, 3.63) is 29.0 Å². The molecular weight excluding hydrogens is 198 g/mol. The summed E-state index contributed by atoms with van der Waals surface area (Å²) in [7, 11) is 0. The van der Waals surface area contributed by atoms with Gasteiger partial charge in [0, 0.05) is 25.3 Å². The molecule has 3 nitrogen and oxygen atoms in total. The van der Waals surface area contributed by atoms with Crippen molar-refractivity contribution >= 4 is 11.6 Å². The third-order valence-corrected chi connectivity index (χ3v) is 2.67. The number of nitrogens with zero attached hydrogens (tertiary/aromatic N) is 1. The number of hydrogen-bond acceptors (Lipinski definition) is 3. The number of pyridine rings is 1. The van der Waals surface area contributed by atoms with Gasteiger partial charge in [-0.25, -0.2) is 4.98 Å². The standard InChI is InChI=1S/C10H14ClN3/c11-10-2-1-8(6-14-10)5-13-9-3-4-12-7-9/h1-2,6,9,12-13H,3-5,7H2. The minimum atomic E-state index is 0.552. The molecule has 1 fully saturated rings. The van der Waals surface area contributed by atoms with E-state index in [0.29, 0.717) is 11.2 Å². The molecule has 1 aromatic rings. The van der Waals surface area contributed by atoms with Crippen molar-refractivity contribution in [3.63, 3.8) is 0 Å². The van der Waals surface area contributed by atoms with Gasteiger partial charge in [-0.3, -0.25) is 0 Å². The molecule has 1 aliphatic rings. The van der Waals surface area contributed by atoms with E-state index in [1.54, 1.807) is 0 Å². The van der Waals surface area contributed by atoms with E-state index in [0.717, 1.165) is 19.6 Å². The van der Waals surface area contributed by atoms with Crippen LogP contribution in [0.25, 0.3) is 0 Å². The van der Waals surface area contributed by atoms with Gasteiger partial charge in [-0.15, -0.1) is 0 Å². The predicted octanol–water partition coefficient (Wildman–Crippen LogP) is 1.19. The summed E-state index contributed by atoms with van der Waals surface area (Å²) < 4.78 is 0. The Kier molecular flexibility index (Phi) is 3.35. The minimum Gasteiger partial charge on any atom is -0.315 e. The first-order valence-corrected chi connectivity index (χ1v) is 5.27. The topological polar surface area (TPSA) is 37.0 Å². The lowest BCUT2D eigenvalue weighted by Gasteiger charge is -2.10. The lowest BCUT2D eigenvalue weighted by Crippen LogP contribution is -2.30. The molecule has 0 amide bonds. The number of aromatic nitrogens is 1. The quantitative estimate of drug-likeness (QED) is 0.738. The van der Waals surface area contributed by atoms with Crippen molar-refractivity contribution in [1.29, 1.82) is 0 Å². The summed E-state index contributed by atoms with van der Waals surface area (Å²) >= 11 is 5.70. The first-order valence-electron chi connectivity index (χ1n) is 4.89. The zero-order valence-electron chi connectivity index (χ0n) is 7.96. The molecule has 4 heteroatoms. The highest BCUT2D eigenvalue weighted by molar-refractivity contribution is 6.29. The summed E-state index contributed by atoms with van der Waals surface area (Å²) in [6.07, 6.45) is 3.03. The first-order chi connectivity index (χ1) is 6.84. The third kappa shape index (κ3) is 2.67. The highest BCUT2D eigenvalue weighted by Gasteiger charge is 2.12. The van der Waals surface area contributed by atoms with Gasteiger partial charge in [0.05, 0.1) is 0 Å². The maximum Gasteiger partial charge on any atom is 0.129 e. The number of rotatable bonds is 3. The lowest BCUT2D eigenvalue weighted by atomic mass is 10.2. The maximum absolute atomic E-state index is 5.70. The molecule has 2 rings (SSSR count). The molecule has 0 radical (unpaired) electrons. The summed E-state index contributed by atoms with van der Waals surface area (Å²) in [5.74, 6) is 0. The van der Waals surface area contributed by atoms with Crippen molar-refractivity contribution in [2.45, 2.75) is 19.0 Å². The molecule has 1 saturated heterocycles. The Morgan fingerprint density at radius 3 is 3.14 bits per heavy atom. The largest absolute Gasteiger partial charge is 0.315 e. The van der Waals surface area contributed by atoms with Crippen molar-refractivity contribution in [2.24, 2.45) is 0 Å². The van der Waals surface area contributed by atoms with E-state index < -0.39 is 0 Å². The van der Waals surface area contributed by atoms with Crippen molar-refractivity contribution in [3.8, 4) is 0 Å². The first kappa shape index (κ1) is 9.90. The Hall–Kier alpha value is -0.640. The van der Waals surface area contributed by atoms with Crippen molar-refractivity contribution < 1.29 is 0 Å². The Morgan fingerprint density at radius 2 is 2.50 bits per heavy atom. The summed E-state index contributed by atoms with van der Waals surface area (Å²) in [6, 6.07) is 4.43. The Bertz CT molecular complexity index is 280. The third-order valence-electron chi connectivity index (χ3n) is 2.44. The molecule has 2 N–H and O–H groups in total. The SMILES string of the molecule is Clc1ccc(CNC2CCNC2)cn1. The van der Waals surface area contributed by atoms with Crippen molar-refractivity contribution in [1.82, 2.24) is 15.6 Å². The zero-order chi connectivity index (χ0) is 9.80. The van der Waals surface area contributed by atoms with E-state index in [-0.39, 0.29) is 0 Å². The average Bonchev–Trinajstić information content (AvgIpc) is 2.70. The Balaban J connectivity index is 1.82. The molecular formula is C10H14ClN3. The van der Waals surface area contributed by atoms with Gasteiger partial charge in [0.25, 0.3) is 0 Å². The van der Waals surface area contributed by atoms with E-state index in [1.807, 2.05) is 18.3 Å². The summed E-state index contributed by atoms with van der Waals surface area (Å²) in [5.41, 5.74) is 1.18. The minimum absolute atomic E-state index is 0.552. The highest BCUT2D eigenvalue weighted by Crippen LogP contribution is 2.06.